The molecule has 1 aromatic carbocycles. The number of benzene rings is 1. The minimum absolute atomic E-state index is 0.202. The Bertz CT molecular complexity index is 708. The summed E-state index contributed by atoms with van der Waals surface area (Å²) in [5.74, 6) is 0. The first-order chi connectivity index (χ1) is 8.34. The molecule has 0 saturated carbocycles. The van der Waals surface area contributed by atoms with Gasteiger partial charge in [-0.25, -0.2) is 5.10 Å². The zero-order valence-corrected chi connectivity index (χ0v) is 8.92. The third kappa shape index (κ3) is 1.69. The van der Waals surface area contributed by atoms with Gasteiger partial charge in [0.1, 0.15) is 0 Å². The number of nitrogens with one attached hydrogen (secondary N) is 1. The van der Waals surface area contributed by atoms with Gasteiger partial charge in [-0.05, 0) is 17.5 Å². The van der Waals surface area contributed by atoms with E-state index in [0.29, 0.717) is 0 Å². The number of aromatic nitrogens is 3. The van der Waals surface area contributed by atoms with Crippen LogP contribution in [0.4, 0.5) is 0 Å². The molecule has 3 rings (SSSR count). The summed E-state index contributed by atoms with van der Waals surface area (Å²) in [6.45, 7) is 0. The van der Waals surface area contributed by atoms with Crippen LogP contribution in [0.5, 0.6) is 0 Å². The molecule has 0 amide bonds. The lowest BCUT2D eigenvalue weighted by molar-refractivity contribution is 0.996. The fourth-order valence-electron chi connectivity index (χ4n) is 1.83. The summed E-state index contributed by atoms with van der Waals surface area (Å²) in [7, 11) is 0. The van der Waals surface area contributed by atoms with Gasteiger partial charge >= 0.3 is 0 Å². The van der Waals surface area contributed by atoms with E-state index in [9.17, 15) is 4.79 Å². The zero-order valence-electron chi connectivity index (χ0n) is 8.92. The second-order valence-corrected chi connectivity index (χ2v) is 3.71. The molecule has 0 radical (unpaired) electrons. The van der Waals surface area contributed by atoms with Crippen LogP contribution in [0.2, 0.25) is 0 Å². The number of H-pyrrole nitrogens is 1. The maximum absolute atomic E-state index is 11.0. The van der Waals surface area contributed by atoms with Crippen molar-refractivity contribution in [2.45, 2.75) is 0 Å². The van der Waals surface area contributed by atoms with Crippen molar-refractivity contribution < 1.29 is 0 Å². The third-order valence-corrected chi connectivity index (χ3v) is 2.64. The van der Waals surface area contributed by atoms with Crippen LogP contribution < -0.4 is 5.56 Å². The van der Waals surface area contributed by atoms with Crippen molar-refractivity contribution >= 4 is 10.8 Å². The first kappa shape index (κ1) is 9.72. The number of rotatable bonds is 1. The third-order valence-electron chi connectivity index (χ3n) is 2.64. The summed E-state index contributed by atoms with van der Waals surface area (Å²) < 4.78 is 0. The number of hydrogen-bond acceptors (Lipinski definition) is 3. The highest BCUT2D eigenvalue weighted by Crippen LogP contribution is 2.25. The fraction of sp³-hybridized carbons (Fsp3) is 0. The van der Waals surface area contributed by atoms with E-state index in [1.165, 1.54) is 6.07 Å². The Morgan fingerprint density at radius 3 is 2.82 bits per heavy atom. The highest BCUT2D eigenvalue weighted by atomic mass is 16.1. The lowest BCUT2D eigenvalue weighted by atomic mass is 10.0. The first-order valence-corrected chi connectivity index (χ1v) is 5.23. The molecule has 1 N–H and O–H groups in total. The molecule has 0 aliphatic heterocycles. The van der Waals surface area contributed by atoms with E-state index in [1.807, 2.05) is 24.3 Å². The van der Waals surface area contributed by atoms with Gasteiger partial charge in [-0.15, -0.1) is 0 Å². The Kier molecular flexibility index (Phi) is 2.19. The van der Waals surface area contributed by atoms with E-state index in [1.54, 1.807) is 18.5 Å². The minimum atomic E-state index is -0.202. The van der Waals surface area contributed by atoms with Crippen molar-refractivity contribution in [3.05, 3.63) is 59.1 Å². The predicted octanol–water partition coefficient (Wildman–Crippen LogP) is 1.99. The number of hydrogen-bond donors (Lipinski definition) is 1. The fourth-order valence-corrected chi connectivity index (χ4v) is 1.83. The maximum atomic E-state index is 11.0. The van der Waals surface area contributed by atoms with E-state index < -0.39 is 0 Å². The van der Waals surface area contributed by atoms with E-state index in [4.69, 9.17) is 0 Å². The van der Waals surface area contributed by atoms with Crippen LogP contribution >= 0.6 is 0 Å². The molecule has 4 nitrogen and oxygen atoms in total. The molecule has 0 fully saturated rings. The standard InChI is InChI=1S/C13H9N3O/c17-13-5-4-12(15-16-13)10-3-1-2-9-6-7-14-8-11(9)10/h1-8H,(H,16,17). The molecule has 0 bridgehead atoms. The lowest BCUT2D eigenvalue weighted by Crippen LogP contribution is -2.05. The van der Waals surface area contributed by atoms with Crippen LogP contribution in [0.15, 0.2) is 53.6 Å². The second-order valence-electron chi connectivity index (χ2n) is 3.71. The molecule has 2 heterocycles. The average molecular weight is 223 g/mol. The Hall–Kier alpha value is -2.49. The van der Waals surface area contributed by atoms with Crippen LogP contribution in [0, 0.1) is 0 Å². The number of pyridine rings is 1. The van der Waals surface area contributed by atoms with Gasteiger partial charge in [-0.2, -0.15) is 5.10 Å². The SMILES string of the molecule is O=c1ccc(-c2cccc3ccncc23)n[nH]1. The van der Waals surface area contributed by atoms with Gasteiger partial charge in [0.15, 0.2) is 0 Å². The zero-order chi connectivity index (χ0) is 11.7. The molecule has 2 aromatic heterocycles. The monoisotopic (exact) mass is 223 g/mol. The molecule has 0 unspecified atom stereocenters. The quantitative estimate of drug-likeness (QED) is 0.686. The van der Waals surface area contributed by atoms with Gasteiger partial charge < -0.3 is 0 Å². The number of fused-ring (bicyclic) bond motifs is 1. The highest BCUT2D eigenvalue weighted by molar-refractivity contribution is 5.94. The first-order valence-electron chi connectivity index (χ1n) is 5.23. The van der Waals surface area contributed by atoms with Crippen LogP contribution in [0.25, 0.3) is 22.0 Å². The molecule has 0 aliphatic rings. The molecule has 0 saturated heterocycles. The highest BCUT2D eigenvalue weighted by Gasteiger charge is 2.04. The van der Waals surface area contributed by atoms with Crippen molar-refractivity contribution in [3.8, 4) is 11.3 Å². The maximum Gasteiger partial charge on any atom is 0.264 e. The number of aromatic amines is 1. The minimum Gasteiger partial charge on any atom is -0.268 e. The van der Waals surface area contributed by atoms with Crippen molar-refractivity contribution in [1.29, 1.82) is 0 Å². The van der Waals surface area contributed by atoms with Crippen molar-refractivity contribution in [2.24, 2.45) is 0 Å². The molecular formula is C13H9N3O. The van der Waals surface area contributed by atoms with Crippen molar-refractivity contribution in [1.82, 2.24) is 15.2 Å². The van der Waals surface area contributed by atoms with Gasteiger partial charge in [0.2, 0.25) is 0 Å². The van der Waals surface area contributed by atoms with Gasteiger partial charge in [0.05, 0.1) is 5.69 Å². The van der Waals surface area contributed by atoms with Gasteiger partial charge in [-0.3, -0.25) is 9.78 Å². The predicted molar refractivity (Wildman–Crippen MR) is 65.6 cm³/mol. The number of nitrogens with zero attached hydrogens (tertiary/aromatic N) is 2. The summed E-state index contributed by atoms with van der Waals surface area (Å²) in [6.07, 6.45) is 3.56. The summed E-state index contributed by atoms with van der Waals surface area (Å²) in [5.41, 5.74) is 1.50. The van der Waals surface area contributed by atoms with Crippen LogP contribution in [0.1, 0.15) is 0 Å². The molecule has 0 atom stereocenters. The lowest BCUT2D eigenvalue weighted by Gasteiger charge is -2.04. The van der Waals surface area contributed by atoms with Gasteiger partial charge in [-0.1, -0.05) is 18.2 Å². The largest absolute Gasteiger partial charge is 0.268 e. The van der Waals surface area contributed by atoms with E-state index in [-0.39, 0.29) is 5.56 Å². The van der Waals surface area contributed by atoms with E-state index >= 15 is 0 Å². The van der Waals surface area contributed by atoms with Gasteiger partial charge in [0.25, 0.3) is 5.56 Å². The summed E-state index contributed by atoms with van der Waals surface area (Å²) in [5, 5.41) is 8.60. The van der Waals surface area contributed by atoms with Gasteiger partial charge in [0, 0.05) is 29.4 Å². The molecule has 3 aromatic rings. The van der Waals surface area contributed by atoms with Crippen LogP contribution in [-0.2, 0) is 0 Å². The van der Waals surface area contributed by atoms with Crippen molar-refractivity contribution in [2.75, 3.05) is 0 Å². The Labute approximate surface area is 97.0 Å². The molecule has 0 spiro atoms. The molecule has 0 aliphatic carbocycles. The Morgan fingerprint density at radius 1 is 1.06 bits per heavy atom. The summed E-state index contributed by atoms with van der Waals surface area (Å²) in [6, 6.07) is 11.1. The van der Waals surface area contributed by atoms with Crippen LogP contribution in [0.3, 0.4) is 0 Å². The molecule has 4 heteroatoms. The second kappa shape index (κ2) is 3.83. The topological polar surface area (TPSA) is 58.6 Å². The molecule has 17 heavy (non-hydrogen) atoms. The Balaban J connectivity index is 2.30. The smallest absolute Gasteiger partial charge is 0.264 e. The van der Waals surface area contributed by atoms with E-state index in [0.717, 1.165) is 22.0 Å². The summed E-state index contributed by atoms with van der Waals surface area (Å²) >= 11 is 0. The molecule has 82 valence electrons. The Morgan fingerprint density at radius 2 is 2.00 bits per heavy atom. The van der Waals surface area contributed by atoms with E-state index in [2.05, 4.69) is 15.2 Å². The normalized spacial score (nSPS) is 10.6. The van der Waals surface area contributed by atoms with Crippen molar-refractivity contribution in [3.63, 3.8) is 0 Å². The van der Waals surface area contributed by atoms with Crippen LogP contribution in [-0.4, -0.2) is 15.2 Å². The average Bonchev–Trinajstić information content (AvgIpc) is 2.39. The molecular weight excluding hydrogens is 214 g/mol. The summed E-state index contributed by atoms with van der Waals surface area (Å²) in [4.78, 5) is 15.1.